The summed E-state index contributed by atoms with van der Waals surface area (Å²) in [6.45, 7) is 3.11. The maximum atomic E-state index is 5.26. The average molecular weight is 346 g/mol. The highest BCUT2D eigenvalue weighted by atomic mass is 79.9. The highest BCUT2D eigenvalue weighted by molar-refractivity contribution is 9.11. The van der Waals surface area contributed by atoms with Crippen LogP contribution in [-0.2, 0) is 6.42 Å². The lowest BCUT2D eigenvalue weighted by Crippen LogP contribution is -2.21. The van der Waals surface area contributed by atoms with Crippen molar-refractivity contribution in [1.82, 2.24) is 5.32 Å². The van der Waals surface area contributed by atoms with E-state index in [9.17, 15) is 0 Å². The van der Waals surface area contributed by atoms with E-state index in [-0.39, 0.29) is 0 Å². The van der Waals surface area contributed by atoms with Crippen LogP contribution in [0.2, 0.25) is 0 Å². The minimum Gasteiger partial charge on any atom is -0.496 e. The molecule has 1 N–H and O–H groups in total. The van der Waals surface area contributed by atoms with Crippen LogP contribution in [0, 0.1) is 0 Å². The zero-order valence-electron chi connectivity index (χ0n) is 10.4. The predicted molar refractivity (Wildman–Crippen MR) is 83.0 cm³/mol. The van der Waals surface area contributed by atoms with Gasteiger partial charge in [-0.2, -0.15) is 0 Å². The molecule has 0 aliphatic carbocycles. The van der Waals surface area contributed by atoms with E-state index in [4.69, 9.17) is 4.74 Å². The number of hydrogen-bond donors (Lipinski definition) is 1. The third-order valence-electron chi connectivity index (χ3n) is 2.66. The number of hydrogen-bond acceptors (Lipinski definition) is 4. The summed E-state index contributed by atoms with van der Waals surface area (Å²) in [6, 6.07) is 6.79. The van der Waals surface area contributed by atoms with E-state index in [1.165, 1.54) is 13.5 Å². The van der Waals surface area contributed by atoms with Gasteiger partial charge in [-0.25, -0.2) is 0 Å². The SMILES string of the molecule is CCNC(Cc1ccc(Br)s1)c1cc(OC)cs1. The maximum absolute atomic E-state index is 5.26. The standard InChI is InChI=1S/C13H16BrNOS2/c1-3-15-11(7-10-4-5-13(14)18-10)12-6-9(16-2)8-17-12/h4-6,8,11,15H,3,7H2,1-2H3. The molecule has 0 bridgehead atoms. The number of likely N-dealkylation sites (N-methyl/N-ethyl adjacent to an activating group) is 1. The monoisotopic (exact) mass is 345 g/mol. The van der Waals surface area contributed by atoms with E-state index >= 15 is 0 Å². The third kappa shape index (κ3) is 3.57. The van der Waals surface area contributed by atoms with Crippen molar-refractivity contribution in [3.63, 3.8) is 0 Å². The summed E-state index contributed by atoms with van der Waals surface area (Å²) in [5.74, 6) is 0.949. The van der Waals surface area contributed by atoms with Gasteiger partial charge in [0.1, 0.15) is 5.75 Å². The van der Waals surface area contributed by atoms with Crippen LogP contribution in [0.3, 0.4) is 0 Å². The lowest BCUT2D eigenvalue weighted by Gasteiger charge is -2.15. The van der Waals surface area contributed by atoms with Crippen molar-refractivity contribution >= 4 is 38.6 Å². The fourth-order valence-electron chi connectivity index (χ4n) is 1.81. The van der Waals surface area contributed by atoms with Crippen molar-refractivity contribution in [1.29, 1.82) is 0 Å². The van der Waals surface area contributed by atoms with Gasteiger partial charge in [-0.05, 0) is 40.7 Å². The van der Waals surface area contributed by atoms with Crippen molar-refractivity contribution in [2.24, 2.45) is 0 Å². The molecule has 98 valence electrons. The second-order valence-corrected chi connectivity index (χ2v) is 7.40. The van der Waals surface area contributed by atoms with Crippen molar-refractivity contribution in [3.8, 4) is 5.75 Å². The molecular formula is C13H16BrNOS2. The molecule has 2 heterocycles. The van der Waals surface area contributed by atoms with Crippen LogP contribution >= 0.6 is 38.6 Å². The zero-order chi connectivity index (χ0) is 13.0. The van der Waals surface area contributed by atoms with Gasteiger partial charge >= 0.3 is 0 Å². The average Bonchev–Trinajstić information content (AvgIpc) is 2.97. The Balaban J connectivity index is 2.12. The first kappa shape index (κ1) is 14.1. The van der Waals surface area contributed by atoms with Crippen molar-refractivity contribution in [2.45, 2.75) is 19.4 Å². The Bertz CT molecular complexity index is 495. The van der Waals surface area contributed by atoms with Crippen LogP contribution in [0.25, 0.3) is 0 Å². The Hall–Kier alpha value is -0.360. The van der Waals surface area contributed by atoms with E-state index in [2.05, 4.69) is 51.7 Å². The summed E-state index contributed by atoms with van der Waals surface area (Å²) >= 11 is 7.07. The highest BCUT2D eigenvalue weighted by Crippen LogP contribution is 2.31. The van der Waals surface area contributed by atoms with Crippen LogP contribution in [0.1, 0.15) is 22.7 Å². The Labute approximate surface area is 124 Å². The van der Waals surface area contributed by atoms with E-state index in [1.54, 1.807) is 29.8 Å². The van der Waals surface area contributed by atoms with Gasteiger partial charge in [-0.1, -0.05) is 6.92 Å². The molecule has 0 saturated carbocycles. The summed E-state index contributed by atoms with van der Waals surface area (Å²) in [5, 5.41) is 5.60. The summed E-state index contributed by atoms with van der Waals surface area (Å²) < 4.78 is 6.45. The molecule has 2 aromatic heterocycles. The molecule has 0 aliphatic heterocycles. The van der Waals surface area contributed by atoms with Crippen LogP contribution in [-0.4, -0.2) is 13.7 Å². The van der Waals surface area contributed by atoms with E-state index in [1.807, 2.05) is 0 Å². The molecule has 0 saturated heterocycles. The van der Waals surface area contributed by atoms with Gasteiger partial charge in [0, 0.05) is 27.6 Å². The summed E-state index contributed by atoms with van der Waals surface area (Å²) in [7, 11) is 1.71. The smallest absolute Gasteiger partial charge is 0.129 e. The number of thiophene rings is 2. The van der Waals surface area contributed by atoms with Crippen LogP contribution < -0.4 is 10.1 Å². The van der Waals surface area contributed by atoms with Gasteiger partial charge in [0.25, 0.3) is 0 Å². The fraction of sp³-hybridized carbons (Fsp3) is 0.385. The van der Waals surface area contributed by atoms with E-state index < -0.39 is 0 Å². The topological polar surface area (TPSA) is 21.3 Å². The first-order valence-corrected chi connectivity index (χ1v) is 8.32. The molecule has 0 radical (unpaired) electrons. The number of rotatable bonds is 6. The Morgan fingerprint density at radius 2 is 2.28 bits per heavy atom. The molecular weight excluding hydrogens is 330 g/mol. The van der Waals surface area contributed by atoms with Gasteiger partial charge in [-0.3, -0.25) is 0 Å². The van der Waals surface area contributed by atoms with Gasteiger partial charge in [0.15, 0.2) is 0 Å². The first-order valence-electron chi connectivity index (χ1n) is 5.83. The van der Waals surface area contributed by atoms with Gasteiger partial charge in [-0.15, -0.1) is 22.7 Å². The normalized spacial score (nSPS) is 12.6. The number of methoxy groups -OCH3 is 1. The zero-order valence-corrected chi connectivity index (χ0v) is 13.6. The molecule has 18 heavy (non-hydrogen) atoms. The second kappa shape index (κ2) is 6.70. The number of halogens is 1. The van der Waals surface area contributed by atoms with Gasteiger partial charge in [0.05, 0.1) is 10.9 Å². The fourth-order valence-corrected chi connectivity index (χ4v) is 4.27. The molecule has 5 heteroatoms. The Kier molecular flexibility index (Phi) is 5.24. The second-order valence-electron chi connectivity index (χ2n) is 3.91. The van der Waals surface area contributed by atoms with E-state index in [0.29, 0.717) is 6.04 Å². The minimum atomic E-state index is 0.370. The summed E-state index contributed by atoms with van der Waals surface area (Å²) in [5.41, 5.74) is 0. The molecule has 2 rings (SSSR count). The molecule has 1 unspecified atom stereocenters. The first-order chi connectivity index (χ1) is 8.72. The van der Waals surface area contributed by atoms with E-state index in [0.717, 1.165) is 18.7 Å². The number of nitrogens with one attached hydrogen (secondary N) is 1. The maximum Gasteiger partial charge on any atom is 0.129 e. The molecule has 0 fully saturated rings. The molecule has 0 aliphatic rings. The minimum absolute atomic E-state index is 0.370. The molecule has 0 amide bonds. The summed E-state index contributed by atoms with van der Waals surface area (Å²) in [6.07, 6.45) is 1.02. The van der Waals surface area contributed by atoms with Crippen molar-refractivity contribution < 1.29 is 4.74 Å². The molecule has 0 spiro atoms. The quantitative estimate of drug-likeness (QED) is 0.833. The van der Waals surface area contributed by atoms with Crippen LogP contribution in [0.15, 0.2) is 27.4 Å². The van der Waals surface area contributed by atoms with Crippen LogP contribution in [0.5, 0.6) is 5.75 Å². The summed E-state index contributed by atoms with van der Waals surface area (Å²) in [4.78, 5) is 2.72. The largest absolute Gasteiger partial charge is 0.496 e. The van der Waals surface area contributed by atoms with Gasteiger partial charge < -0.3 is 10.1 Å². The van der Waals surface area contributed by atoms with Gasteiger partial charge in [0.2, 0.25) is 0 Å². The highest BCUT2D eigenvalue weighted by Gasteiger charge is 2.15. The molecule has 2 nitrogen and oxygen atoms in total. The molecule has 1 atom stereocenters. The lowest BCUT2D eigenvalue weighted by molar-refractivity contribution is 0.415. The van der Waals surface area contributed by atoms with Crippen molar-refractivity contribution in [2.75, 3.05) is 13.7 Å². The number of ether oxygens (including phenoxy) is 1. The third-order valence-corrected chi connectivity index (χ3v) is 5.33. The predicted octanol–water partition coefficient (Wildman–Crippen LogP) is 4.47. The van der Waals surface area contributed by atoms with Crippen molar-refractivity contribution in [3.05, 3.63) is 37.1 Å². The van der Waals surface area contributed by atoms with Crippen LogP contribution in [0.4, 0.5) is 0 Å². The molecule has 0 aromatic carbocycles. The Morgan fingerprint density at radius 3 is 2.83 bits per heavy atom. The lowest BCUT2D eigenvalue weighted by atomic mass is 10.1. The Morgan fingerprint density at radius 1 is 1.44 bits per heavy atom. The molecule has 2 aromatic rings.